The molecule has 1 fully saturated rings. The van der Waals surface area contributed by atoms with Crippen LogP contribution in [0.3, 0.4) is 0 Å². The molecule has 24 heavy (non-hydrogen) atoms. The molecule has 2 aromatic rings. The van der Waals surface area contributed by atoms with Gasteiger partial charge in [-0.25, -0.2) is 4.79 Å². The molecule has 0 bridgehead atoms. The van der Waals surface area contributed by atoms with Crippen molar-refractivity contribution in [3.63, 3.8) is 0 Å². The Morgan fingerprint density at radius 2 is 1.75 bits per heavy atom. The first-order valence-electron chi connectivity index (χ1n) is 6.84. The van der Waals surface area contributed by atoms with Crippen LogP contribution in [0.4, 0.5) is 5.69 Å². The van der Waals surface area contributed by atoms with E-state index in [2.05, 4.69) is 0 Å². The van der Waals surface area contributed by atoms with Crippen LogP contribution in [0.15, 0.2) is 53.4 Å². The number of rotatable bonds is 3. The maximum atomic E-state index is 12.6. The number of thioether (sulfide) groups is 1. The summed E-state index contributed by atoms with van der Waals surface area (Å²) in [4.78, 5) is 25.3. The Balaban J connectivity index is 1.88. The molecule has 0 saturated carbocycles. The molecule has 1 saturated heterocycles. The summed E-state index contributed by atoms with van der Waals surface area (Å²) in [6.07, 6.45) is 1.67. The number of carboxylic acids is 1. The average Bonchev–Trinajstić information content (AvgIpc) is 2.83. The van der Waals surface area contributed by atoms with E-state index in [0.29, 0.717) is 14.9 Å². The van der Waals surface area contributed by atoms with E-state index in [1.165, 1.54) is 29.2 Å². The number of thiocarbonyl (C=S) groups is 1. The van der Waals surface area contributed by atoms with Gasteiger partial charge in [0.25, 0.3) is 5.91 Å². The smallest absolute Gasteiger partial charge is 0.335 e. The van der Waals surface area contributed by atoms with Crippen molar-refractivity contribution >= 4 is 51.9 Å². The zero-order valence-corrected chi connectivity index (χ0v) is 13.8. The number of amides is 1. The van der Waals surface area contributed by atoms with E-state index in [9.17, 15) is 14.7 Å². The minimum absolute atomic E-state index is 0.0989. The highest BCUT2D eigenvalue weighted by Gasteiger charge is 2.33. The lowest BCUT2D eigenvalue weighted by atomic mass is 10.2. The SMILES string of the molecule is O=C(O)c1ccc(N2C(=O)/C(=C/c3ccc([O-])cc3)SC2=S)cc1. The van der Waals surface area contributed by atoms with Crippen molar-refractivity contribution in [2.24, 2.45) is 0 Å². The lowest BCUT2D eigenvalue weighted by Crippen LogP contribution is -2.27. The Kier molecular flexibility index (Phi) is 4.37. The molecule has 1 aliphatic heterocycles. The lowest BCUT2D eigenvalue weighted by Gasteiger charge is -2.14. The number of benzene rings is 2. The first kappa shape index (κ1) is 16.2. The van der Waals surface area contributed by atoms with Gasteiger partial charge in [0.2, 0.25) is 0 Å². The van der Waals surface area contributed by atoms with E-state index in [1.54, 1.807) is 30.3 Å². The molecule has 120 valence electrons. The second-order valence-corrected chi connectivity index (χ2v) is 6.61. The fraction of sp³-hybridized carbons (Fsp3) is 0. The topological polar surface area (TPSA) is 80.7 Å². The third kappa shape index (κ3) is 3.17. The van der Waals surface area contributed by atoms with Crippen LogP contribution in [0, 0.1) is 0 Å². The number of aromatic carboxylic acids is 1. The summed E-state index contributed by atoms with van der Waals surface area (Å²) in [5.41, 5.74) is 1.38. The van der Waals surface area contributed by atoms with Crippen molar-refractivity contribution in [2.75, 3.05) is 4.90 Å². The molecule has 3 rings (SSSR count). The fourth-order valence-corrected chi connectivity index (χ4v) is 3.46. The van der Waals surface area contributed by atoms with Gasteiger partial charge in [-0.3, -0.25) is 9.69 Å². The minimum Gasteiger partial charge on any atom is -0.872 e. The van der Waals surface area contributed by atoms with Crippen molar-refractivity contribution in [2.45, 2.75) is 0 Å². The number of carbonyl (C=O) groups excluding carboxylic acids is 1. The third-order valence-electron chi connectivity index (χ3n) is 3.34. The summed E-state index contributed by atoms with van der Waals surface area (Å²) in [6.45, 7) is 0. The molecule has 0 radical (unpaired) electrons. The second-order valence-electron chi connectivity index (χ2n) is 4.94. The largest absolute Gasteiger partial charge is 0.872 e. The molecule has 5 nitrogen and oxygen atoms in total. The van der Waals surface area contributed by atoms with Gasteiger partial charge in [0.1, 0.15) is 0 Å². The zero-order chi connectivity index (χ0) is 17.3. The van der Waals surface area contributed by atoms with E-state index in [-0.39, 0.29) is 17.2 Å². The summed E-state index contributed by atoms with van der Waals surface area (Å²) in [5.74, 6) is -1.41. The lowest BCUT2D eigenvalue weighted by molar-refractivity contribution is -0.268. The summed E-state index contributed by atoms with van der Waals surface area (Å²) >= 11 is 6.42. The van der Waals surface area contributed by atoms with Crippen LogP contribution < -0.4 is 10.0 Å². The van der Waals surface area contributed by atoms with Crippen LogP contribution in [-0.2, 0) is 4.79 Å². The van der Waals surface area contributed by atoms with Gasteiger partial charge in [-0.05, 0) is 35.9 Å². The standard InChI is InChI=1S/C17H11NO4S2/c19-13-7-1-10(2-8-13)9-14-15(20)18(17(23)24-14)12-5-3-11(4-6-12)16(21)22/h1-9,19H,(H,21,22)/p-1/b14-9-. The number of nitrogens with zero attached hydrogens (tertiary/aromatic N) is 1. The van der Waals surface area contributed by atoms with Gasteiger partial charge in [0.15, 0.2) is 4.32 Å². The summed E-state index contributed by atoms with van der Waals surface area (Å²) in [6, 6.07) is 12.1. The molecule has 1 amide bonds. The van der Waals surface area contributed by atoms with Crippen molar-refractivity contribution in [1.82, 2.24) is 0 Å². The van der Waals surface area contributed by atoms with Gasteiger partial charge in [0.05, 0.1) is 16.2 Å². The molecular formula is C17H10NO4S2-. The molecule has 0 aromatic heterocycles. The predicted octanol–water partition coefficient (Wildman–Crippen LogP) is 2.86. The normalized spacial score (nSPS) is 16.0. The molecule has 2 aromatic carbocycles. The van der Waals surface area contributed by atoms with Crippen LogP contribution in [0.2, 0.25) is 0 Å². The summed E-state index contributed by atoms with van der Waals surface area (Å²) < 4.78 is 0.370. The molecule has 1 heterocycles. The molecule has 0 spiro atoms. The van der Waals surface area contributed by atoms with Gasteiger partial charge in [-0.1, -0.05) is 48.2 Å². The fourth-order valence-electron chi connectivity index (χ4n) is 2.16. The first-order chi connectivity index (χ1) is 11.5. The van der Waals surface area contributed by atoms with Crippen LogP contribution in [0.1, 0.15) is 15.9 Å². The quantitative estimate of drug-likeness (QED) is 0.673. The van der Waals surface area contributed by atoms with E-state index in [4.69, 9.17) is 17.3 Å². The van der Waals surface area contributed by atoms with Crippen LogP contribution >= 0.6 is 24.0 Å². The van der Waals surface area contributed by atoms with Gasteiger partial charge in [-0.15, -0.1) is 5.75 Å². The molecule has 0 aliphatic carbocycles. The molecule has 1 N–H and O–H groups in total. The van der Waals surface area contributed by atoms with Gasteiger partial charge < -0.3 is 10.2 Å². The van der Waals surface area contributed by atoms with Gasteiger partial charge in [-0.2, -0.15) is 0 Å². The highest BCUT2D eigenvalue weighted by atomic mass is 32.2. The Morgan fingerprint density at radius 3 is 2.33 bits per heavy atom. The van der Waals surface area contributed by atoms with Crippen LogP contribution in [0.5, 0.6) is 5.75 Å². The first-order valence-corrected chi connectivity index (χ1v) is 8.06. The highest BCUT2D eigenvalue weighted by Crippen LogP contribution is 2.36. The van der Waals surface area contributed by atoms with Crippen molar-refractivity contribution in [3.05, 3.63) is 64.6 Å². The summed E-state index contributed by atoms with van der Waals surface area (Å²) in [5, 5.41) is 20.1. The number of hydrogen-bond acceptors (Lipinski definition) is 5. The molecule has 7 heteroatoms. The number of anilines is 1. The third-order valence-corrected chi connectivity index (χ3v) is 4.65. The Labute approximate surface area is 147 Å². The molecule has 1 aliphatic rings. The summed E-state index contributed by atoms with van der Waals surface area (Å²) in [7, 11) is 0. The number of carbonyl (C=O) groups is 2. The van der Waals surface area contributed by atoms with E-state index in [0.717, 1.165) is 17.3 Å². The number of carboxylic acid groups (broad SMARTS) is 1. The maximum absolute atomic E-state index is 12.6. The van der Waals surface area contributed by atoms with E-state index < -0.39 is 5.97 Å². The van der Waals surface area contributed by atoms with Crippen molar-refractivity contribution < 1.29 is 19.8 Å². The molecule has 0 atom stereocenters. The van der Waals surface area contributed by atoms with Crippen LogP contribution in [-0.4, -0.2) is 21.3 Å². The Hall–Kier alpha value is -2.64. The number of hydrogen-bond donors (Lipinski definition) is 1. The molecular weight excluding hydrogens is 346 g/mol. The Bertz CT molecular complexity index is 857. The van der Waals surface area contributed by atoms with Crippen molar-refractivity contribution in [3.8, 4) is 5.75 Å². The minimum atomic E-state index is -1.03. The highest BCUT2D eigenvalue weighted by molar-refractivity contribution is 8.27. The van der Waals surface area contributed by atoms with E-state index >= 15 is 0 Å². The second kappa shape index (κ2) is 6.46. The monoisotopic (exact) mass is 356 g/mol. The van der Waals surface area contributed by atoms with Gasteiger partial charge >= 0.3 is 5.97 Å². The average molecular weight is 356 g/mol. The van der Waals surface area contributed by atoms with Crippen LogP contribution in [0.25, 0.3) is 6.08 Å². The zero-order valence-electron chi connectivity index (χ0n) is 12.1. The Morgan fingerprint density at radius 1 is 1.12 bits per heavy atom. The molecule has 0 unspecified atom stereocenters. The predicted molar refractivity (Wildman–Crippen MR) is 94.9 cm³/mol. The van der Waals surface area contributed by atoms with Crippen molar-refractivity contribution in [1.29, 1.82) is 0 Å². The van der Waals surface area contributed by atoms with E-state index in [1.807, 2.05) is 0 Å². The maximum Gasteiger partial charge on any atom is 0.335 e. The van der Waals surface area contributed by atoms with Gasteiger partial charge in [0, 0.05) is 0 Å².